The lowest BCUT2D eigenvalue weighted by atomic mass is 10.1. The first-order chi connectivity index (χ1) is 10.7. The van der Waals surface area contributed by atoms with E-state index in [-0.39, 0.29) is 31.0 Å². The topological polar surface area (TPSA) is 57.4 Å². The summed E-state index contributed by atoms with van der Waals surface area (Å²) in [6.07, 6.45) is 2.36. The van der Waals surface area contributed by atoms with E-state index in [1.165, 1.54) is 6.20 Å². The normalized spacial score (nSPS) is 18.9. The zero-order valence-corrected chi connectivity index (χ0v) is 13.7. The Kier molecular flexibility index (Phi) is 5.80. The van der Waals surface area contributed by atoms with Crippen molar-refractivity contribution in [1.29, 1.82) is 0 Å². The van der Waals surface area contributed by atoms with E-state index >= 15 is 0 Å². The Morgan fingerprint density at radius 2 is 2.04 bits per heavy atom. The van der Waals surface area contributed by atoms with Gasteiger partial charge < -0.3 is 15.2 Å². The van der Waals surface area contributed by atoms with Gasteiger partial charge in [-0.05, 0) is 31.5 Å². The van der Waals surface area contributed by atoms with Gasteiger partial charge in [-0.3, -0.25) is 0 Å². The Balaban J connectivity index is 0.00000192. The Morgan fingerprint density at radius 1 is 1.26 bits per heavy atom. The number of nitrogens with zero attached hydrogens (tertiary/aromatic N) is 1. The van der Waals surface area contributed by atoms with Crippen molar-refractivity contribution >= 4 is 12.4 Å². The second-order valence-corrected chi connectivity index (χ2v) is 5.36. The first-order valence-corrected chi connectivity index (χ1v) is 7.44. The molecule has 23 heavy (non-hydrogen) atoms. The number of pyridine rings is 1. The predicted molar refractivity (Wildman–Crippen MR) is 88.7 cm³/mol. The fourth-order valence-corrected chi connectivity index (χ4v) is 2.50. The highest BCUT2D eigenvalue weighted by Crippen LogP contribution is 2.46. The quantitative estimate of drug-likeness (QED) is 0.820. The summed E-state index contributed by atoms with van der Waals surface area (Å²) in [7, 11) is 0. The van der Waals surface area contributed by atoms with Crippen molar-refractivity contribution in [3.8, 4) is 11.5 Å². The molecule has 1 saturated carbocycles. The maximum atomic E-state index is 13.6. The molecule has 4 nitrogen and oxygen atoms in total. The number of halogens is 2. The lowest BCUT2D eigenvalue weighted by Gasteiger charge is -2.16. The molecule has 0 amide bonds. The van der Waals surface area contributed by atoms with Crippen LogP contribution in [-0.4, -0.2) is 17.6 Å². The number of rotatable bonds is 6. The van der Waals surface area contributed by atoms with Gasteiger partial charge in [0.15, 0.2) is 11.5 Å². The van der Waals surface area contributed by atoms with Crippen LogP contribution in [0.25, 0.3) is 0 Å². The first kappa shape index (κ1) is 17.5. The Labute approximate surface area is 141 Å². The standard InChI is InChI=1S/C17H19FN2O2.ClH/c1-2-21-15-7-3-6-12(13-9-14(13)19)16(15)22-10-11-5-4-8-20-17(11)18;/h3-8,13-14H,2,9-10,19H2,1H3;1H/t13-,14+;/m0./s1. The van der Waals surface area contributed by atoms with Gasteiger partial charge in [-0.25, -0.2) is 4.98 Å². The molecule has 2 atom stereocenters. The minimum absolute atomic E-state index is 0. The molecule has 1 aliphatic carbocycles. The first-order valence-electron chi connectivity index (χ1n) is 7.44. The van der Waals surface area contributed by atoms with Crippen LogP contribution in [0.3, 0.4) is 0 Å². The fraction of sp³-hybridized carbons (Fsp3) is 0.353. The maximum Gasteiger partial charge on any atom is 0.219 e. The predicted octanol–water partition coefficient (Wildman–Crippen LogP) is 3.43. The third-order valence-electron chi connectivity index (χ3n) is 3.76. The Bertz CT molecular complexity index is 669. The molecule has 0 radical (unpaired) electrons. The maximum absolute atomic E-state index is 13.6. The summed E-state index contributed by atoms with van der Waals surface area (Å²) in [6, 6.07) is 9.30. The lowest BCUT2D eigenvalue weighted by Crippen LogP contribution is -2.06. The number of hydrogen-bond acceptors (Lipinski definition) is 4. The number of benzene rings is 1. The highest BCUT2D eigenvalue weighted by atomic mass is 35.5. The second kappa shape index (κ2) is 7.62. The third kappa shape index (κ3) is 3.92. The van der Waals surface area contributed by atoms with Gasteiger partial charge in [0, 0.05) is 29.3 Å². The average Bonchev–Trinajstić information content (AvgIpc) is 3.24. The Morgan fingerprint density at radius 3 is 2.70 bits per heavy atom. The Hall–Kier alpha value is -1.85. The second-order valence-electron chi connectivity index (χ2n) is 5.36. The molecule has 0 bridgehead atoms. The average molecular weight is 339 g/mol. The number of hydrogen-bond donors (Lipinski definition) is 1. The van der Waals surface area contributed by atoms with E-state index in [9.17, 15) is 4.39 Å². The minimum Gasteiger partial charge on any atom is -0.490 e. The van der Waals surface area contributed by atoms with Crippen molar-refractivity contribution < 1.29 is 13.9 Å². The van der Waals surface area contributed by atoms with E-state index in [1.54, 1.807) is 12.1 Å². The van der Waals surface area contributed by atoms with E-state index in [0.29, 0.717) is 23.7 Å². The molecule has 6 heteroatoms. The molecular weight excluding hydrogens is 319 g/mol. The van der Waals surface area contributed by atoms with Gasteiger partial charge in [-0.2, -0.15) is 4.39 Å². The molecule has 1 fully saturated rings. The SMILES string of the molecule is CCOc1cccc([C@@H]2C[C@H]2N)c1OCc1cccnc1F.Cl. The highest BCUT2D eigenvalue weighted by molar-refractivity contribution is 5.85. The molecule has 0 unspecified atom stereocenters. The van der Waals surface area contributed by atoms with E-state index in [2.05, 4.69) is 4.98 Å². The summed E-state index contributed by atoms with van der Waals surface area (Å²) in [4.78, 5) is 3.63. The van der Waals surface area contributed by atoms with Gasteiger partial charge in [0.1, 0.15) is 6.61 Å². The van der Waals surface area contributed by atoms with Crippen LogP contribution in [0.5, 0.6) is 11.5 Å². The van der Waals surface area contributed by atoms with E-state index in [4.69, 9.17) is 15.2 Å². The molecule has 1 aromatic heterocycles. The zero-order chi connectivity index (χ0) is 15.5. The molecule has 0 spiro atoms. The van der Waals surface area contributed by atoms with Crippen LogP contribution in [-0.2, 0) is 6.61 Å². The molecule has 0 saturated heterocycles. The molecule has 2 N–H and O–H groups in total. The van der Waals surface area contributed by atoms with Crippen LogP contribution >= 0.6 is 12.4 Å². The van der Waals surface area contributed by atoms with Crippen molar-refractivity contribution in [2.75, 3.05) is 6.61 Å². The monoisotopic (exact) mass is 338 g/mol. The molecule has 124 valence electrons. The molecule has 0 aliphatic heterocycles. The molecule has 1 heterocycles. The molecule has 3 rings (SSSR count). The van der Waals surface area contributed by atoms with Gasteiger partial charge in [0.2, 0.25) is 5.95 Å². The van der Waals surface area contributed by atoms with Crippen LogP contribution in [0, 0.1) is 5.95 Å². The van der Waals surface area contributed by atoms with Gasteiger partial charge in [-0.15, -0.1) is 12.4 Å². The van der Waals surface area contributed by atoms with Crippen molar-refractivity contribution in [2.45, 2.75) is 31.9 Å². The van der Waals surface area contributed by atoms with Crippen molar-refractivity contribution in [3.63, 3.8) is 0 Å². The van der Waals surface area contributed by atoms with Crippen LogP contribution in [0.4, 0.5) is 4.39 Å². The summed E-state index contributed by atoms with van der Waals surface area (Å²) in [5.74, 6) is 1.10. The summed E-state index contributed by atoms with van der Waals surface area (Å²) in [5.41, 5.74) is 7.40. The van der Waals surface area contributed by atoms with Gasteiger partial charge >= 0.3 is 0 Å². The zero-order valence-electron chi connectivity index (χ0n) is 12.9. The number of aromatic nitrogens is 1. The molecular formula is C17H20ClFN2O2. The smallest absolute Gasteiger partial charge is 0.219 e. The summed E-state index contributed by atoms with van der Waals surface area (Å²) in [6.45, 7) is 2.57. The van der Waals surface area contributed by atoms with Gasteiger partial charge in [0.05, 0.1) is 6.61 Å². The van der Waals surface area contributed by atoms with E-state index < -0.39 is 5.95 Å². The number of nitrogens with two attached hydrogens (primary N) is 1. The third-order valence-corrected chi connectivity index (χ3v) is 3.76. The van der Waals surface area contributed by atoms with Crippen LogP contribution in [0.2, 0.25) is 0 Å². The number of para-hydroxylation sites is 1. The van der Waals surface area contributed by atoms with Crippen molar-refractivity contribution in [1.82, 2.24) is 4.98 Å². The van der Waals surface area contributed by atoms with E-state index in [1.807, 2.05) is 25.1 Å². The van der Waals surface area contributed by atoms with Crippen LogP contribution in [0.15, 0.2) is 36.5 Å². The largest absolute Gasteiger partial charge is 0.490 e. The number of ether oxygens (including phenoxy) is 2. The molecule has 1 aromatic carbocycles. The molecule has 2 aromatic rings. The minimum atomic E-state index is -0.513. The highest BCUT2D eigenvalue weighted by Gasteiger charge is 2.37. The lowest BCUT2D eigenvalue weighted by molar-refractivity contribution is 0.262. The van der Waals surface area contributed by atoms with Crippen LogP contribution in [0.1, 0.15) is 30.4 Å². The van der Waals surface area contributed by atoms with Gasteiger partial charge in [-0.1, -0.05) is 12.1 Å². The van der Waals surface area contributed by atoms with E-state index in [0.717, 1.165) is 12.0 Å². The van der Waals surface area contributed by atoms with Crippen molar-refractivity contribution in [2.24, 2.45) is 5.73 Å². The van der Waals surface area contributed by atoms with Crippen LogP contribution < -0.4 is 15.2 Å². The summed E-state index contributed by atoms with van der Waals surface area (Å²) in [5, 5.41) is 0. The van der Waals surface area contributed by atoms with Crippen molar-refractivity contribution in [3.05, 3.63) is 53.6 Å². The molecule has 1 aliphatic rings. The van der Waals surface area contributed by atoms with Gasteiger partial charge in [0.25, 0.3) is 0 Å². The fourth-order valence-electron chi connectivity index (χ4n) is 2.50. The summed E-state index contributed by atoms with van der Waals surface area (Å²) >= 11 is 0. The summed E-state index contributed by atoms with van der Waals surface area (Å²) < 4.78 is 25.1.